The lowest BCUT2D eigenvalue weighted by Gasteiger charge is -2.10. The first-order chi connectivity index (χ1) is 13.5. The summed E-state index contributed by atoms with van der Waals surface area (Å²) in [5.74, 6) is 1.29. The van der Waals surface area contributed by atoms with E-state index in [1.807, 2.05) is 55.5 Å². The normalized spacial score (nSPS) is 11.4. The number of anilines is 1. The molecule has 0 aliphatic carbocycles. The number of aromatic nitrogens is 4. The molecule has 2 aromatic carbocycles. The predicted molar refractivity (Wildman–Crippen MR) is 113 cm³/mol. The molecule has 2 heterocycles. The van der Waals surface area contributed by atoms with Gasteiger partial charge in [0.2, 0.25) is 5.91 Å². The fourth-order valence-corrected chi connectivity index (χ4v) is 3.85. The number of carbonyl (C=O) groups is 1. The zero-order chi connectivity index (χ0) is 19.7. The van der Waals surface area contributed by atoms with E-state index in [0.29, 0.717) is 10.7 Å². The molecular weight excluding hydrogens is 370 g/mol. The number of rotatable bonds is 5. The molecule has 2 aromatic heterocycles. The number of aryl methyl sites for hydroxylation is 1. The van der Waals surface area contributed by atoms with Crippen LogP contribution in [0.5, 0.6) is 0 Å². The third-order valence-corrected chi connectivity index (χ3v) is 5.45. The summed E-state index contributed by atoms with van der Waals surface area (Å²) in [4.78, 5) is 17.2. The Morgan fingerprint density at radius 1 is 1.11 bits per heavy atom. The molecule has 0 spiro atoms. The van der Waals surface area contributed by atoms with Gasteiger partial charge in [-0.1, -0.05) is 55.9 Å². The Balaban J connectivity index is 1.65. The van der Waals surface area contributed by atoms with E-state index in [9.17, 15) is 4.79 Å². The van der Waals surface area contributed by atoms with Gasteiger partial charge < -0.3 is 5.32 Å². The van der Waals surface area contributed by atoms with E-state index in [1.54, 1.807) is 0 Å². The van der Waals surface area contributed by atoms with Gasteiger partial charge in [-0.3, -0.25) is 9.20 Å². The van der Waals surface area contributed by atoms with Crippen molar-refractivity contribution in [3.63, 3.8) is 0 Å². The van der Waals surface area contributed by atoms with Crippen LogP contribution in [0, 0.1) is 6.92 Å². The molecule has 0 saturated carbocycles. The van der Waals surface area contributed by atoms with E-state index in [-0.39, 0.29) is 17.6 Å². The summed E-state index contributed by atoms with van der Waals surface area (Å²) in [6.45, 7) is 6.16. The number of fused-ring (bicyclic) bond motifs is 3. The number of amides is 1. The Morgan fingerprint density at radius 3 is 2.64 bits per heavy atom. The first-order valence-electron chi connectivity index (χ1n) is 9.16. The fraction of sp³-hybridized carbons (Fsp3) is 0.238. The van der Waals surface area contributed by atoms with Gasteiger partial charge in [0.15, 0.2) is 5.65 Å². The van der Waals surface area contributed by atoms with Gasteiger partial charge in [-0.15, -0.1) is 10.2 Å². The van der Waals surface area contributed by atoms with Gasteiger partial charge in [0, 0.05) is 11.6 Å². The quantitative estimate of drug-likeness (QED) is 0.509. The molecule has 0 fully saturated rings. The zero-order valence-corrected chi connectivity index (χ0v) is 16.8. The summed E-state index contributed by atoms with van der Waals surface area (Å²) in [5, 5.41) is 12.4. The highest BCUT2D eigenvalue weighted by atomic mass is 32.2. The Kier molecular flexibility index (Phi) is 5.00. The summed E-state index contributed by atoms with van der Waals surface area (Å²) in [6, 6.07) is 15.7. The number of benzene rings is 2. The standard InChI is InChI=1S/C21H21N5OS/c1-13(2)19-24-25-20-21(23-16-10-6-7-11-17(16)26(19)20)28-12-18(27)22-15-9-5-4-8-14(15)3/h4-11,13H,12H2,1-3H3,(H,22,27). The first kappa shape index (κ1) is 18.4. The van der Waals surface area contributed by atoms with Crippen molar-refractivity contribution in [1.82, 2.24) is 19.6 Å². The molecular formula is C21H21N5OS. The molecule has 142 valence electrons. The number of hydrogen-bond donors (Lipinski definition) is 1. The van der Waals surface area contributed by atoms with E-state index in [1.165, 1.54) is 11.8 Å². The van der Waals surface area contributed by atoms with Crippen molar-refractivity contribution >= 4 is 40.0 Å². The number of hydrogen-bond acceptors (Lipinski definition) is 5. The van der Waals surface area contributed by atoms with Crippen LogP contribution in [0.1, 0.15) is 31.2 Å². The first-order valence-corrected chi connectivity index (χ1v) is 10.1. The molecule has 4 rings (SSSR count). The molecule has 1 N–H and O–H groups in total. The molecule has 0 bridgehead atoms. The van der Waals surface area contributed by atoms with Crippen LogP contribution < -0.4 is 5.32 Å². The van der Waals surface area contributed by atoms with Crippen molar-refractivity contribution in [2.24, 2.45) is 0 Å². The van der Waals surface area contributed by atoms with E-state index < -0.39 is 0 Å². The minimum absolute atomic E-state index is 0.0731. The third-order valence-electron chi connectivity index (χ3n) is 4.50. The van der Waals surface area contributed by atoms with Crippen LogP contribution in [0.2, 0.25) is 0 Å². The molecule has 0 aliphatic rings. The van der Waals surface area contributed by atoms with Crippen molar-refractivity contribution in [2.45, 2.75) is 31.7 Å². The fourth-order valence-electron chi connectivity index (χ4n) is 3.08. The van der Waals surface area contributed by atoms with Gasteiger partial charge in [-0.25, -0.2) is 4.98 Å². The highest BCUT2D eigenvalue weighted by Gasteiger charge is 2.18. The topological polar surface area (TPSA) is 72.2 Å². The van der Waals surface area contributed by atoms with Gasteiger partial charge in [-0.2, -0.15) is 0 Å². The Morgan fingerprint density at radius 2 is 1.86 bits per heavy atom. The highest BCUT2D eigenvalue weighted by molar-refractivity contribution is 8.00. The van der Waals surface area contributed by atoms with Crippen molar-refractivity contribution < 1.29 is 4.79 Å². The Bertz CT molecular complexity index is 1170. The van der Waals surface area contributed by atoms with Crippen LogP contribution in [0.25, 0.3) is 16.7 Å². The SMILES string of the molecule is Cc1ccccc1NC(=O)CSc1nc2ccccc2n2c(C(C)C)nnc12. The maximum absolute atomic E-state index is 12.4. The van der Waals surface area contributed by atoms with Gasteiger partial charge in [0.1, 0.15) is 10.9 Å². The summed E-state index contributed by atoms with van der Waals surface area (Å²) < 4.78 is 2.05. The van der Waals surface area contributed by atoms with Crippen molar-refractivity contribution in [1.29, 1.82) is 0 Å². The second-order valence-electron chi connectivity index (χ2n) is 6.93. The maximum atomic E-state index is 12.4. The van der Waals surface area contributed by atoms with Crippen LogP contribution in [0.3, 0.4) is 0 Å². The maximum Gasteiger partial charge on any atom is 0.234 e. The lowest BCUT2D eigenvalue weighted by molar-refractivity contribution is -0.113. The van der Waals surface area contributed by atoms with Gasteiger partial charge in [0.05, 0.1) is 16.8 Å². The van der Waals surface area contributed by atoms with Gasteiger partial charge in [0.25, 0.3) is 0 Å². The minimum atomic E-state index is -0.0731. The number of thioether (sulfide) groups is 1. The van der Waals surface area contributed by atoms with Crippen molar-refractivity contribution in [3.05, 3.63) is 59.9 Å². The summed E-state index contributed by atoms with van der Waals surface area (Å²) in [6.07, 6.45) is 0. The molecule has 4 aromatic rings. The molecule has 0 aliphatic heterocycles. The smallest absolute Gasteiger partial charge is 0.234 e. The van der Waals surface area contributed by atoms with Gasteiger partial charge >= 0.3 is 0 Å². The summed E-state index contributed by atoms with van der Waals surface area (Å²) in [5.41, 5.74) is 4.38. The average molecular weight is 392 g/mol. The zero-order valence-electron chi connectivity index (χ0n) is 16.0. The molecule has 28 heavy (non-hydrogen) atoms. The third kappa shape index (κ3) is 3.45. The minimum Gasteiger partial charge on any atom is -0.325 e. The summed E-state index contributed by atoms with van der Waals surface area (Å²) in [7, 11) is 0. The largest absolute Gasteiger partial charge is 0.325 e. The monoisotopic (exact) mass is 391 g/mol. The second-order valence-corrected chi connectivity index (χ2v) is 7.89. The molecule has 6 nitrogen and oxygen atoms in total. The lowest BCUT2D eigenvalue weighted by Crippen LogP contribution is -2.15. The Labute approximate surface area is 167 Å². The van der Waals surface area contributed by atoms with Gasteiger partial charge in [-0.05, 0) is 30.7 Å². The predicted octanol–water partition coefficient (Wildman–Crippen LogP) is 4.44. The molecule has 7 heteroatoms. The van der Waals surface area contributed by atoms with Crippen LogP contribution in [-0.4, -0.2) is 31.2 Å². The Hall–Kier alpha value is -2.93. The van der Waals surface area contributed by atoms with Crippen molar-refractivity contribution in [3.8, 4) is 0 Å². The molecule has 0 saturated heterocycles. The summed E-state index contributed by atoms with van der Waals surface area (Å²) >= 11 is 1.38. The molecule has 0 atom stereocenters. The van der Waals surface area contributed by atoms with Crippen LogP contribution >= 0.6 is 11.8 Å². The highest BCUT2D eigenvalue weighted by Crippen LogP contribution is 2.28. The number of para-hydroxylation sites is 3. The molecule has 0 radical (unpaired) electrons. The number of carbonyl (C=O) groups excluding carboxylic acids is 1. The van der Waals surface area contributed by atoms with Crippen LogP contribution in [0.4, 0.5) is 5.69 Å². The molecule has 0 unspecified atom stereocenters. The number of nitrogens with one attached hydrogen (secondary N) is 1. The second kappa shape index (κ2) is 7.59. The van der Waals surface area contributed by atoms with E-state index in [0.717, 1.165) is 28.1 Å². The lowest BCUT2D eigenvalue weighted by atomic mass is 10.2. The van der Waals surface area contributed by atoms with E-state index in [4.69, 9.17) is 4.98 Å². The van der Waals surface area contributed by atoms with Crippen LogP contribution in [-0.2, 0) is 4.79 Å². The van der Waals surface area contributed by atoms with Crippen molar-refractivity contribution in [2.75, 3.05) is 11.1 Å². The number of nitrogens with zero attached hydrogens (tertiary/aromatic N) is 4. The average Bonchev–Trinajstić information content (AvgIpc) is 3.14. The van der Waals surface area contributed by atoms with Crippen LogP contribution in [0.15, 0.2) is 53.6 Å². The van der Waals surface area contributed by atoms with E-state index >= 15 is 0 Å². The molecule has 1 amide bonds. The van der Waals surface area contributed by atoms with E-state index in [2.05, 4.69) is 33.8 Å².